The van der Waals surface area contributed by atoms with E-state index >= 15 is 0 Å². The molecule has 0 bridgehead atoms. The second-order valence-corrected chi connectivity index (χ2v) is 6.53. The van der Waals surface area contributed by atoms with Gasteiger partial charge in [0.25, 0.3) is 5.91 Å². The topological polar surface area (TPSA) is 76.8 Å². The van der Waals surface area contributed by atoms with Gasteiger partial charge in [-0.1, -0.05) is 32.1 Å². The van der Waals surface area contributed by atoms with E-state index in [2.05, 4.69) is 5.10 Å². The van der Waals surface area contributed by atoms with Gasteiger partial charge in [0.2, 0.25) is 0 Å². The molecule has 0 saturated heterocycles. The van der Waals surface area contributed by atoms with E-state index in [9.17, 15) is 22.8 Å². The van der Waals surface area contributed by atoms with Gasteiger partial charge in [-0.15, -0.1) is 0 Å². The zero-order valence-electron chi connectivity index (χ0n) is 14.0. The zero-order valence-corrected chi connectivity index (χ0v) is 14.0. The molecule has 1 heterocycles. The number of halogens is 3. The SMILES string of the molecule is CN(C(=O)C(F)(F)F)[C@@H](CC1CCCCC1)C(=O)N1N=CCC1C#N. The maximum atomic E-state index is 12.8. The molecule has 2 rings (SSSR count). The zero-order chi connectivity index (χ0) is 18.6. The number of likely N-dealkylation sites (N-methyl/N-ethyl adjacent to an activating group) is 1. The Labute approximate surface area is 144 Å². The van der Waals surface area contributed by atoms with Crippen LogP contribution < -0.4 is 0 Å². The van der Waals surface area contributed by atoms with E-state index in [1.165, 1.54) is 6.21 Å². The lowest BCUT2D eigenvalue weighted by atomic mass is 9.84. The Hall–Kier alpha value is -2.11. The monoisotopic (exact) mass is 358 g/mol. The Kier molecular flexibility index (Phi) is 6.03. The van der Waals surface area contributed by atoms with Gasteiger partial charge in [-0.05, 0) is 12.3 Å². The van der Waals surface area contributed by atoms with Crippen molar-refractivity contribution in [1.29, 1.82) is 5.26 Å². The van der Waals surface area contributed by atoms with Crippen molar-refractivity contribution in [3.05, 3.63) is 0 Å². The molecule has 1 unspecified atom stereocenters. The lowest BCUT2D eigenvalue weighted by molar-refractivity contribution is -0.188. The van der Waals surface area contributed by atoms with E-state index < -0.39 is 30.1 Å². The number of alkyl halides is 3. The first-order chi connectivity index (χ1) is 11.8. The molecule has 1 aliphatic carbocycles. The highest BCUT2D eigenvalue weighted by Crippen LogP contribution is 2.31. The maximum absolute atomic E-state index is 12.8. The molecular weight excluding hydrogens is 337 g/mol. The second-order valence-electron chi connectivity index (χ2n) is 6.53. The predicted molar refractivity (Wildman–Crippen MR) is 83.2 cm³/mol. The van der Waals surface area contributed by atoms with Crippen molar-refractivity contribution < 1.29 is 22.8 Å². The van der Waals surface area contributed by atoms with Crippen LogP contribution in [0.3, 0.4) is 0 Å². The molecule has 0 radical (unpaired) electrons. The number of amides is 2. The van der Waals surface area contributed by atoms with Gasteiger partial charge in [0.05, 0.1) is 6.07 Å². The molecule has 1 saturated carbocycles. The van der Waals surface area contributed by atoms with Crippen LogP contribution in [-0.2, 0) is 9.59 Å². The van der Waals surface area contributed by atoms with Gasteiger partial charge in [0.15, 0.2) is 0 Å². The molecule has 9 heteroatoms. The summed E-state index contributed by atoms with van der Waals surface area (Å²) in [5.41, 5.74) is 0. The van der Waals surface area contributed by atoms with E-state index in [1.807, 2.05) is 6.07 Å². The van der Waals surface area contributed by atoms with Gasteiger partial charge in [-0.2, -0.15) is 23.5 Å². The average Bonchev–Trinajstić information content (AvgIpc) is 3.06. The number of carbonyl (C=O) groups excluding carboxylic acids is 2. The Morgan fingerprint density at radius 2 is 2.00 bits per heavy atom. The standard InChI is InChI=1S/C16H21F3N4O2/c1-22(15(25)16(17,18)19)13(9-11-5-3-2-4-6-11)14(24)23-12(10-20)7-8-21-23/h8,11-13H,2-7,9H2,1H3/t12?,13-/m0/s1. The molecule has 1 fully saturated rings. The first-order valence-corrected chi connectivity index (χ1v) is 8.34. The van der Waals surface area contributed by atoms with Crippen LogP contribution in [0.1, 0.15) is 44.9 Å². The molecule has 0 aromatic carbocycles. The molecule has 6 nitrogen and oxygen atoms in total. The number of carbonyl (C=O) groups is 2. The van der Waals surface area contributed by atoms with Crippen LogP contribution in [0.4, 0.5) is 13.2 Å². The van der Waals surface area contributed by atoms with Crippen LogP contribution in [0.5, 0.6) is 0 Å². The molecule has 1 aliphatic heterocycles. The van der Waals surface area contributed by atoms with Crippen molar-refractivity contribution in [2.24, 2.45) is 11.0 Å². The van der Waals surface area contributed by atoms with Gasteiger partial charge >= 0.3 is 12.1 Å². The third-order valence-electron chi connectivity index (χ3n) is 4.80. The summed E-state index contributed by atoms with van der Waals surface area (Å²) in [7, 11) is 0.988. The van der Waals surface area contributed by atoms with E-state index in [0.29, 0.717) is 4.90 Å². The maximum Gasteiger partial charge on any atom is 0.471 e. The Balaban J connectivity index is 2.21. The third-order valence-corrected chi connectivity index (χ3v) is 4.80. The quantitative estimate of drug-likeness (QED) is 0.775. The number of hydrogen-bond acceptors (Lipinski definition) is 4. The highest BCUT2D eigenvalue weighted by Gasteiger charge is 2.46. The minimum atomic E-state index is -5.05. The highest BCUT2D eigenvalue weighted by atomic mass is 19.4. The van der Waals surface area contributed by atoms with E-state index in [4.69, 9.17) is 5.26 Å². The van der Waals surface area contributed by atoms with E-state index in [-0.39, 0.29) is 18.8 Å². The fraction of sp³-hybridized carbons (Fsp3) is 0.750. The minimum absolute atomic E-state index is 0.0818. The summed E-state index contributed by atoms with van der Waals surface area (Å²) in [5, 5.41) is 13.8. The lowest BCUT2D eigenvalue weighted by Gasteiger charge is -2.34. The predicted octanol–water partition coefficient (Wildman–Crippen LogP) is 2.46. The lowest BCUT2D eigenvalue weighted by Crippen LogP contribution is -2.53. The van der Waals surface area contributed by atoms with Crippen molar-refractivity contribution >= 4 is 18.0 Å². The van der Waals surface area contributed by atoms with Crippen molar-refractivity contribution in [2.75, 3.05) is 7.05 Å². The average molecular weight is 358 g/mol. The van der Waals surface area contributed by atoms with Gasteiger partial charge in [0, 0.05) is 19.7 Å². The fourth-order valence-electron chi connectivity index (χ4n) is 3.39. The smallest absolute Gasteiger partial charge is 0.326 e. The highest BCUT2D eigenvalue weighted by molar-refractivity contribution is 5.90. The number of hydrazone groups is 1. The van der Waals surface area contributed by atoms with Crippen molar-refractivity contribution in [3.63, 3.8) is 0 Å². The summed E-state index contributed by atoms with van der Waals surface area (Å²) >= 11 is 0. The van der Waals surface area contributed by atoms with E-state index in [0.717, 1.165) is 44.2 Å². The van der Waals surface area contributed by atoms with Crippen LogP contribution in [-0.4, -0.2) is 53.2 Å². The molecule has 0 spiro atoms. The summed E-state index contributed by atoms with van der Waals surface area (Å²) < 4.78 is 38.5. The number of nitriles is 1. The van der Waals surface area contributed by atoms with Crippen LogP contribution in [0.15, 0.2) is 5.10 Å². The van der Waals surface area contributed by atoms with Crippen molar-refractivity contribution in [2.45, 2.75) is 63.2 Å². The summed E-state index contributed by atoms with van der Waals surface area (Å²) in [6, 6.07) is -0.206. The number of hydrogen-bond donors (Lipinski definition) is 0. The summed E-state index contributed by atoms with van der Waals surface area (Å²) in [6.45, 7) is 0. The Morgan fingerprint density at radius 1 is 1.36 bits per heavy atom. The van der Waals surface area contributed by atoms with Gasteiger partial charge < -0.3 is 4.90 Å². The first kappa shape index (κ1) is 19.2. The molecule has 25 heavy (non-hydrogen) atoms. The Bertz CT molecular complexity index is 579. The normalized spacial score (nSPS) is 22.5. The van der Waals surface area contributed by atoms with Crippen molar-refractivity contribution in [1.82, 2.24) is 9.91 Å². The first-order valence-electron chi connectivity index (χ1n) is 8.34. The molecule has 0 aromatic heterocycles. The van der Waals surface area contributed by atoms with E-state index in [1.54, 1.807) is 0 Å². The molecule has 0 aromatic rings. The number of rotatable bonds is 4. The summed E-state index contributed by atoms with van der Waals surface area (Å²) in [5.74, 6) is -2.71. The summed E-state index contributed by atoms with van der Waals surface area (Å²) in [6.07, 6.45) is 1.36. The third kappa shape index (κ3) is 4.50. The molecular formula is C16H21F3N4O2. The molecule has 2 amide bonds. The summed E-state index contributed by atoms with van der Waals surface area (Å²) in [4.78, 5) is 24.9. The van der Waals surface area contributed by atoms with Gasteiger partial charge in [-0.25, -0.2) is 5.01 Å². The van der Waals surface area contributed by atoms with Crippen LogP contribution in [0.2, 0.25) is 0 Å². The fourth-order valence-corrected chi connectivity index (χ4v) is 3.39. The van der Waals surface area contributed by atoms with Crippen LogP contribution >= 0.6 is 0 Å². The molecule has 138 valence electrons. The molecule has 0 N–H and O–H groups in total. The number of nitrogens with zero attached hydrogens (tertiary/aromatic N) is 4. The van der Waals surface area contributed by atoms with Crippen LogP contribution in [0, 0.1) is 17.2 Å². The van der Waals surface area contributed by atoms with Crippen LogP contribution in [0.25, 0.3) is 0 Å². The van der Waals surface area contributed by atoms with Gasteiger partial charge in [0.1, 0.15) is 12.1 Å². The molecule has 2 atom stereocenters. The largest absolute Gasteiger partial charge is 0.471 e. The van der Waals surface area contributed by atoms with Crippen molar-refractivity contribution in [3.8, 4) is 6.07 Å². The Morgan fingerprint density at radius 3 is 2.56 bits per heavy atom. The molecule has 2 aliphatic rings. The second kappa shape index (κ2) is 7.85. The van der Waals surface area contributed by atoms with Gasteiger partial charge in [-0.3, -0.25) is 9.59 Å². The minimum Gasteiger partial charge on any atom is -0.326 e.